The topological polar surface area (TPSA) is 29.1 Å². The Morgan fingerprint density at radius 3 is 2.20 bits per heavy atom. The number of nitrogens with one attached hydrogen (secondary N) is 1. The SMILES string of the molecule is CSc1ccc(C(=O)NCc2ccc(CCl)cc2)cc1. The summed E-state index contributed by atoms with van der Waals surface area (Å²) in [5.74, 6) is 0.452. The minimum absolute atomic E-state index is 0.0564. The fourth-order valence-electron chi connectivity index (χ4n) is 1.77. The van der Waals surface area contributed by atoms with Crippen LogP contribution in [0.1, 0.15) is 21.5 Å². The summed E-state index contributed by atoms with van der Waals surface area (Å²) in [6.07, 6.45) is 2.01. The van der Waals surface area contributed by atoms with Crippen LogP contribution >= 0.6 is 23.4 Å². The van der Waals surface area contributed by atoms with Crippen molar-refractivity contribution in [2.24, 2.45) is 0 Å². The van der Waals surface area contributed by atoms with E-state index < -0.39 is 0 Å². The average molecular weight is 306 g/mol. The number of thioether (sulfide) groups is 1. The molecule has 0 saturated carbocycles. The summed E-state index contributed by atoms with van der Waals surface area (Å²) < 4.78 is 0. The Morgan fingerprint density at radius 2 is 1.65 bits per heavy atom. The Labute approximate surface area is 128 Å². The first-order valence-electron chi connectivity index (χ1n) is 6.29. The van der Waals surface area contributed by atoms with Crippen LogP contribution in [-0.4, -0.2) is 12.2 Å². The Bertz CT molecular complexity index is 566. The van der Waals surface area contributed by atoms with Gasteiger partial charge in [0.1, 0.15) is 0 Å². The zero-order valence-corrected chi connectivity index (χ0v) is 12.8. The first-order valence-corrected chi connectivity index (χ1v) is 8.05. The molecule has 0 atom stereocenters. The van der Waals surface area contributed by atoms with Crippen molar-refractivity contribution in [1.82, 2.24) is 5.32 Å². The highest BCUT2D eigenvalue weighted by Crippen LogP contribution is 2.15. The van der Waals surface area contributed by atoms with Crippen LogP contribution in [0.4, 0.5) is 0 Å². The van der Waals surface area contributed by atoms with E-state index in [1.165, 1.54) is 0 Å². The van der Waals surface area contributed by atoms with Crippen LogP contribution in [0.15, 0.2) is 53.4 Å². The average Bonchev–Trinajstić information content (AvgIpc) is 2.53. The van der Waals surface area contributed by atoms with Crippen molar-refractivity contribution < 1.29 is 4.79 Å². The summed E-state index contributed by atoms with van der Waals surface area (Å²) >= 11 is 7.40. The molecular weight excluding hydrogens is 290 g/mol. The zero-order chi connectivity index (χ0) is 14.4. The van der Waals surface area contributed by atoms with Crippen molar-refractivity contribution >= 4 is 29.3 Å². The molecule has 0 bridgehead atoms. The third-order valence-electron chi connectivity index (χ3n) is 2.98. The van der Waals surface area contributed by atoms with Crippen LogP contribution in [0.5, 0.6) is 0 Å². The summed E-state index contributed by atoms with van der Waals surface area (Å²) in [7, 11) is 0. The van der Waals surface area contributed by atoms with Gasteiger partial charge in [0.25, 0.3) is 5.91 Å². The maximum Gasteiger partial charge on any atom is 0.251 e. The van der Waals surface area contributed by atoms with Gasteiger partial charge in [0.15, 0.2) is 0 Å². The molecule has 0 unspecified atom stereocenters. The largest absolute Gasteiger partial charge is 0.348 e. The molecule has 0 spiro atoms. The van der Waals surface area contributed by atoms with Gasteiger partial charge in [0.2, 0.25) is 0 Å². The first kappa shape index (κ1) is 14.9. The fraction of sp³-hybridized carbons (Fsp3) is 0.188. The Kier molecular flexibility index (Phi) is 5.50. The summed E-state index contributed by atoms with van der Waals surface area (Å²) in [4.78, 5) is 13.2. The molecule has 20 heavy (non-hydrogen) atoms. The third-order valence-corrected chi connectivity index (χ3v) is 4.03. The van der Waals surface area contributed by atoms with Gasteiger partial charge in [0.05, 0.1) is 0 Å². The van der Waals surface area contributed by atoms with Crippen LogP contribution in [0.2, 0.25) is 0 Å². The van der Waals surface area contributed by atoms with E-state index in [4.69, 9.17) is 11.6 Å². The number of amides is 1. The van der Waals surface area contributed by atoms with Crippen LogP contribution in [0.3, 0.4) is 0 Å². The minimum atomic E-state index is -0.0564. The molecular formula is C16H16ClNOS. The monoisotopic (exact) mass is 305 g/mol. The molecule has 0 aliphatic carbocycles. The number of hydrogen-bond donors (Lipinski definition) is 1. The number of alkyl halides is 1. The number of carbonyl (C=O) groups is 1. The van der Waals surface area contributed by atoms with E-state index in [1.54, 1.807) is 11.8 Å². The van der Waals surface area contributed by atoms with Crippen LogP contribution in [0, 0.1) is 0 Å². The number of carbonyl (C=O) groups excluding carboxylic acids is 1. The van der Waals surface area contributed by atoms with Gasteiger partial charge in [-0.3, -0.25) is 4.79 Å². The van der Waals surface area contributed by atoms with Gasteiger partial charge >= 0.3 is 0 Å². The quantitative estimate of drug-likeness (QED) is 0.666. The molecule has 1 N–H and O–H groups in total. The number of hydrogen-bond acceptors (Lipinski definition) is 2. The first-order chi connectivity index (χ1) is 9.72. The number of halogens is 1. The lowest BCUT2D eigenvalue weighted by atomic mass is 10.1. The lowest BCUT2D eigenvalue weighted by molar-refractivity contribution is 0.0951. The molecule has 0 saturated heterocycles. The third kappa shape index (κ3) is 4.02. The van der Waals surface area contributed by atoms with Crippen molar-refractivity contribution in [3.63, 3.8) is 0 Å². The molecule has 0 fully saturated rings. The Hall–Kier alpha value is -1.45. The Morgan fingerprint density at radius 1 is 1.05 bits per heavy atom. The van der Waals surface area contributed by atoms with Crippen LogP contribution < -0.4 is 5.32 Å². The van der Waals surface area contributed by atoms with Crippen molar-refractivity contribution in [2.75, 3.05) is 6.26 Å². The molecule has 0 aromatic heterocycles. The van der Waals surface area contributed by atoms with E-state index >= 15 is 0 Å². The van der Waals surface area contributed by atoms with Crippen molar-refractivity contribution in [1.29, 1.82) is 0 Å². The molecule has 2 aromatic rings. The molecule has 2 rings (SSSR count). The predicted octanol–water partition coefficient (Wildman–Crippen LogP) is 4.08. The van der Waals surface area contributed by atoms with Crippen LogP contribution in [-0.2, 0) is 12.4 Å². The fourth-order valence-corrected chi connectivity index (χ4v) is 2.36. The normalized spacial score (nSPS) is 10.3. The van der Waals surface area contributed by atoms with Gasteiger partial charge in [-0.25, -0.2) is 0 Å². The summed E-state index contributed by atoms with van der Waals surface area (Å²) in [6.45, 7) is 0.520. The molecule has 104 valence electrons. The molecule has 2 aromatic carbocycles. The molecule has 0 radical (unpaired) electrons. The summed E-state index contributed by atoms with van der Waals surface area (Å²) in [6, 6.07) is 15.5. The minimum Gasteiger partial charge on any atom is -0.348 e. The summed E-state index contributed by atoms with van der Waals surface area (Å²) in [5.41, 5.74) is 2.82. The van der Waals surface area contributed by atoms with Crippen molar-refractivity contribution in [3.05, 3.63) is 65.2 Å². The van der Waals surface area contributed by atoms with E-state index in [1.807, 2.05) is 54.8 Å². The Balaban J connectivity index is 1.93. The van der Waals surface area contributed by atoms with Gasteiger partial charge in [-0.2, -0.15) is 0 Å². The second-order valence-corrected chi connectivity index (χ2v) is 5.51. The predicted molar refractivity (Wildman–Crippen MR) is 85.4 cm³/mol. The van der Waals surface area contributed by atoms with Gasteiger partial charge in [-0.15, -0.1) is 23.4 Å². The van der Waals surface area contributed by atoms with E-state index in [2.05, 4.69) is 5.32 Å². The molecule has 1 amide bonds. The highest BCUT2D eigenvalue weighted by Gasteiger charge is 2.05. The number of benzene rings is 2. The zero-order valence-electron chi connectivity index (χ0n) is 11.2. The van der Waals surface area contributed by atoms with Gasteiger partial charge < -0.3 is 5.32 Å². The van der Waals surface area contributed by atoms with Crippen LogP contribution in [0.25, 0.3) is 0 Å². The van der Waals surface area contributed by atoms with Crippen molar-refractivity contribution in [3.8, 4) is 0 Å². The highest BCUT2D eigenvalue weighted by atomic mass is 35.5. The van der Waals surface area contributed by atoms with Gasteiger partial charge in [-0.1, -0.05) is 24.3 Å². The van der Waals surface area contributed by atoms with Gasteiger partial charge in [-0.05, 0) is 41.6 Å². The molecule has 2 nitrogen and oxygen atoms in total. The van der Waals surface area contributed by atoms with E-state index in [-0.39, 0.29) is 5.91 Å². The maximum atomic E-state index is 12.0. The highest BCUT2D eigenvalue weighted by molar-refractivity contribution is 7.98. The van der Waals surface area contributed by atoms with Gasteiger partial charge in [0, 0.05) is 22.9 Å². The van der Waals surface area contributed by atoms with E-state index in [9.17, 15) is 4.79 Å². The standard InChI is InChI=1S/C16H16ClNOS/c1-20-15-8-6-14(7-9-15)16(19)18-11-13-4-2-12(10-17)3-5-13/h2-9H,10-11H2,1H3,(H,18,19). The molecule has 0 aliphatic rings. The lowest BCUT2D eigenvalue weighted by Gasteiger charge is -2.06. The second-order valence-electron chi connectivity index (χ2n) is 4.36. The van der Waals surface area contributed by atoms with E-state index in [0.717, 1.165) is 16.0 Å². The lowest BCUT2D eigenvalue weighted by Crippen LogP contribution is -2.22. The molecule has 0 aliphatic heterocycles. The molecule has 0 heterocycles. The second kappa shape index (κ2) is 7.36. The summed E-state index contributed by atoms with van der Waals surface area (Å²) in [5, 5.41) is 2.91. The molecule has 4 heteroatoms. The maximum absolute atomic E-state index is 12.0. The smallest absolute Gasteiger partial charge is 0.251 e. The number of rotatable bonds is 5. The van der Waals surface area contributed by atoms with Crippen molar-refractivity contribution in [2.45, 2.75) is 17.3 Å². The van der Waals surface area contributed by atoms with E-state index in [0.29, 0.717) is 18.0 Å².